The number of alkyl halides is 1. The van der Waals surface area contributed by atoms with Gasteiger partial charge in [0, 0.05) is 11.6 Å². The summed E-state index contributed by atoms with van der Waals surface area (Å²) in [5.74, 6) is 1.97. The van der Waals surface area contributed by atoms with Gasteiger partial charge in [-0.1, -0.05) is 30.3 Å². The number of rotatable bonds is 5. The maximum absolute atomic E-state index is 5.92. The van der Waals surface area contributed by atoms with E-state index in [4.69, 9.17) is 21.1 Å². The van der Waals surface area contributed by atoms with Crippen LogP contribution in [0.15, 0.2) is 42.5 Å². The molecule has 0 heterocycles. The van der Waals surface area contributed by atoms with Gasteiger partial charge >= 0.3 is 0 Å². The molecule has 0 bridgehead atoms. The molecule has 0 amide bonds. The van der Waals surface area contributed by atoms with Gasteiger partial charge in [0.2, 0.25) is 0 Å². The summed E-state index contributed by atoms with van der Waals surface area (Å²) in [6, 6.07) is 13.9. The highest BCUT2D eigenvalue weighted by Gasteiger charge is 2.06. The molecule has 3 heteroatoms. The van der Waals surface area contributed by atoms with Crippen LogP contribution in [0.5, 0.6) is 11.5 Å². The van der Waals surface area contributed by atoms with E-state index in [1.165, 1.54) is 11.1 Å². The molecular weight excluding hydrogens is 260 g/mol. The fraction of sp³-hybridized carbons (Fsp3) is 0.250. The third-order valence-corrected chi connectivity index (χ3v) is 3.35. The van der Waals surface area contributed by atoms with Gasteiger partial charge in [-0.15, -0.1) is 11.6 Å². The van der Waals surface area contributed by atoms with Gasteiger partial charge in [0.15, 0.2) is 0 Å². The average molecular weight is 277 g/mol. The van der Waals surface area contributed by atoms with Crippen molar-refractivity contribution in [2.75, 3.05) is 7.11 Å². The first-order chi connectivity index (χ1) is 9.24. The highest BCUT2D eigenvalue weighted by Crippen LogP contribution is 2.27. The first-order valence-electron chi connectivity index (χ1n) is 6.14. The Morgan fingerprint density at radius 1 is 1.05 bits per heavy atom. The number of ether oxygens (including phenoxy) is 2. The van der Waals surface area contributed by atoms with Gasteiger partial charge in [-0.2, -0.15) is 0 Å². The molecule has 19 heavy (non-hydrogen) atoms. The minimum Gasteiger partial charge on any atom is -0.497 e. The monoisotopic (exact) mass is 276 g/mol. The van der Waals surface area contributed by atoms with Crippen LogP contribution in [0, 0.1) is 6.92 Å². The molecule has 0 aliphatic carbocycles. The SMILES string of the molecule is COc1ccc(CCl)c(OCc2ccccc2C)c1. The summed E-state index contributed by atoms with van der Waals surface area (Å²) in [7, 11) is 1.64. The van der Waals surface area contributed by atoms with Crippen molar-refractivity contribution in [3.63, 3.8) is 0 Å². The van der Waals surface area contributed by atoms with Crippen molar-refractivity contribution < 1.29 is 9.47 Å². The van der Waals surface area contributed by atoms with Gasteiger partial charge in [-0.3, -0.25) is 0 Å². The Morgan fingerprint density at radius 3 is 2.53 bits per heavy atom. The molecule has 0 aliphatic heterocycles. The zero-order valence-corrected chi connectivity index (χ0v) is 11.9. The van der Waals surface area contributed by atoms with Gasteiger partial charge in [0.25, 0.3) is 0 Å². The lowest BCUT2D eigenvalue weighted by molar-refractivity contribution is 0.300. The zero-order valence-electron chi connectivity index (χ0n) is 11.2. The van der Waals surface area contributed by atoms with Gasteiger partial charge in [0.1, 0.15) is 18.1 Å². The Balaban J connectivity index is 2.16. The molecule has 2 rings (SSSR count). The van der Waals surface area contributed by atoms with E-state index in [0.717, 1.165) is 17.1 Å². The third-order valence-electron chi connectivity index (χ3n) is 3.06. The Morgan fingerprint density at radius 2 is 1.84 bits per heavy atom. The van der Waals surface area contributed by atoms with Crippen molar-refractivity contribution in [3.8, 4) is 11.5 Å². The Bertz CT molecular complexity index is 552. The second-order valence-corrected chi connectivity index (χ2v) is 4.59. The van der Waals surface area contributed by atoms with Crippen LogP contribution < -0.4 is 9.47 Å². The molecular formula is C16H17ClO2. The molecule has 0 saturated heterocycles. The number of halogens is 1. The molecule has 0 N–H and O–H groups in total. The van der Waals surface area contributed by atoms with E-state index in [2.05, 4.69) is 19.1 Å². The second-order valence-electron chi connectivity index (χ2n) is 4.32. The molecule has 0 spiro atoms. The number of benzene rings is 2. The Labute approximate surface area is 118 Å². The van der Waals surface area contributed by atoms with Crippen LogP contribution in [0.4, 0.5) is 0 Å². The van der Waals surface area contributed by atoms with Crippen molar-refractivity contribution in [3.05, 3.63) is 59.2 Å². The van der Waals surface area contributed by atoms with Gasteiger partial charge in [0.05, 0.1) is 13.0 Å². The summed E-state index contributed by atoms with van der Waals surface area (Å²) < 4.78 is 11.1. The molecule has 2 aromatic rings. The maximum atomic E-state index is 5.92. The molecule has 0 unspecified atom stereocenters. The van der Waals surface area contributed by atoms with E-state index in [-0.39, 0.29) is 0 Å². The van der Waals surface area contributed by atoms with E-state index >= 15 is 0 Å². The maximum Gasteiger partial charge on any atom is 0.127 e. The Kier molecular flexibility index (Phi) is 4.69. The molecule has 0 atom stereocenters. The fourth-order valence-corrected chi connectivity index (χ4v) is 2.05. The summed E-state index contributed by atoms with van der Waals surface area (Å²) >= 11 is 5.92. The van der Waals surface area contributed by atoms with Crippen LogP contribution in [0.1, 0.15) is 16.7 Å². The summed E-state index contributed by atoms with van der Waals surface area (Å²) in [6.45, 7) is 2.61. The number of methoxy groups -OCH3 is 1. The van der Waals surface area contributed by atoms with Crippen molar-refractivity contribution >= 4 is 11.6 Å². The molecule has 0 radical (unpaired) electrons. The lowest BCUT2D eigenvalue weighted by Gasteiger charge is -2.12. The van der Waals surface area contributed by atoms with Gasteiger partial charge in [-0.05, 0) is 24.1 Å². The lowest BCUT2D eigenvalue weighted by Crippen LogP contribution is -2.00. The fourth-order valence-electron chi connectivity index (χ4n) is 1.83. The molecule has 0 saturated carbocycles. The van der Waals surface area contributed by atoms with Crippen molar-refractivity contribution in [1.82, 2.24) is 0 Å². The third kappa shape index (κ3) is 3.42. The van der Waals surface area contributed by atoms with Crippen LogP contribution in [0.3, 0.4) is 0 Å². The first kappa shape index (κ1) is 13.8. The topological polar surface area (TPSA) is 18.5 Å². The van der Waals surface area contributed by atoms with E-state index in [0.29, 0.717) is 12.5 Å². The van der Waals surface area contributed by atoms with Crippen molar-refractivity contribution in [1.29, 1.82) is 0 Å². The molecule has 2 nitrogen and oxygen atoms in total. The minimum absolute atomic E-state index is 0.424. The highest BCUT2D eigenvalue weighted by atomic mass is 35.5. The average Bonchev–Trinajstić information content (AvgIpc) is 2.46. The molecule has 0 fully saturated rings. The standard InChI is InChI=1S/C16H17ClO2/c1-12-5-3-4-6-14(12)11-19-16-9-15(18-2)8-7-13(16)10-17/h3-9H,10-11H2,1-2H3. The van der Waals surface area contributed by atoms with E-state index in [1.54, 1.807) is 7.11 Å². The summed E-state index contributed by atoms with van der Waals surface area (Å²) in [5, 5.41) is 0. The lowest BCUT2D eigenvalue weighted by atomic mass is 10.1. The molecule has 0 aromatic heterocycles. The van der Waals surface area contributed by atoms with Crippen LogP contribution >= 0.6 is 11.6 Å². The van der Waals surface area contributed by atoms with Crippen molar-refractivity contribution in [2.45, 2.75) is 19.4 Å². The van der Waals surface area contributed by atoms with E-state index in [9.17, 15) is 0 Å². The predicted molar refractivity (Wildman–Crippen MR) is 78.1 cm³/mol. The highest BCUT2D eigenvalue weighted by molar-refractivity contribution is 6.17. The van der Waals surface area contributed by atoms with E-state index < -0.39 is 0 Å². The first-order valence-corrected chi connectivity index (χ1v) is 6.68. The van der Waals surface area contributed by atoms with Crippen LogP contribution in [-0.2, 0) is 12.5 Å². The van der Waals surface area contributed by atoms with Gasteiger partial charge < -0.3 is 9.47 Å². The second kappa shape index (κ2) is 6.48. The number of hydrogen-bond acceptors (Lipinski definition) is 2. The number of hydrogen-bond donors (Lipinski definition) is 0. The number of aryl methyl sites for hydroxylation is 1. The predicted octanol–water partition coefficient (Wildman–Crippen LogP) is 4.32. The van der Waals surface area contributed by atoms with Crippen molar-refractivity contribution in [2.24, 2.45) is 0 Å². The van der Waals surface area contributed by atoms with Crippen LogP contribution in [0.2, 0.25) is 0 Å². The van der Waals surface area contributed by atoms with Crippen LogP contribution in [-0.4, -0.2) is 7.11 Å². The summed E-state index contributed by atoms with van der Waals surface area (Å²) in [5.41, 5.74) is 3.36. The largest absolute Gasteiger partial charge is 0.497 e. The molecule has 100 valence electrons. The van der Waals surface area contributed by atoms with Crippen LogP contribution in [0.25, 0.3) is 0 Å². The summed E-state index contributed by atoms with van der Waals surface area (Å²) in [4.78, 5) is 0. The normalized spacial score (nSPS) is 10.3. The smallest absolute Gasteiger partial charge is 0.127 e. The molecule has 2 aromatic carbocycles. The quantitative estimate of drug-likeness (QED) is 0.757. The molecule has 0 aliphatic rings. The minimum atomic E-state index is 0.424. The Hall–Kier alpha value is -1.67. The summed E-state index contributed by atoms with van der Waals surface area (Å²) in [6.07, 6.45) is 0. The van der Waals surface area contributed by atoms with E-state index in [1.807, 2.05) is 30.3 Å². The zero-order chi connectivity index (χ0) is 13.7. The van der Waals surface area contributed by atoms with Gasteiger partial charge in [-0.25, -0.2) is 0 Å².